The van der Waals surface area contributed by atoms with Gasteiger partial charge in [-0.1, -0.05) is 15.9 Å². The number of halogens is 2. The van der Waals surface area contributed by atoms with E-state index in [9.17, 15) is 9.18 Å². The second-order valence-corrected chi connectivity index (χ2v) is 5.53. The first-order valence-corrected chi connectivity index (χ1v) is 6.62. The van der Waals surface area contributed by atoms with E-state index in [4.69, 9.17) is 0 Å². The topological polar surface area (TPSA) is 29.1 Å². The van der Waals surface area contributed by atoms with Gasteiger partial charge in [-0.05, 0) is 51.0 Å². The summed E-state index contributed by atoms with van der Waals surface area (Å²) in [6, 6.07) is 4.39. The van der Waals surface area contributed by atoms with Gasteiger partial charge in [-0.3, -0.25) is 4.79 Å². The number of benzene rings is 1. The predicted molar refractivity (Wildman–Crippen MR) is 71.1 cm³/mol. The van der Waals surface area contributed by atoms with E-state index in [2.05, 4.69) is 21.2 Å². The highest BCUT2D eigenvalue weighted by molar-refractivity contribution is 9.09. The number of aryl methyl sites for hydroxylation is 1. The quantitative estimate of drug-likeness (QED) is 0.848. The van der Waals surface area contributed by atoms with Gasteiger partial charge in [0, 0.05) is 16.4 Å². The molecule has 0 spiro atoms. The summed E-state index contributed by atoms with van der Waals surface area (Å²) >= 11 is 3.35. The van der Waals surface area contributed by atoms with Gasteiger partial charge < -0.3 is 5.32 Å². The Morgan fingerprint density at radius 3 is 2.65 bits per heavy atom. The summed E-state index contributed by atoms with van der Waals surface area (Å²) in [5.41, 5.74) is 0.700. The number of nitrogens with one attached hydrogen (secondary N) is 1. The monoisotopic (exact) mass is 301 g/mol. The molecule has 0 aliphatic rings. The molecular formula is C13H17BrFNO. The van der Waals surface area contributed by atoms with Crippen molar-refractivity contribution < 1.29 is 9.18 Å². The summed E-state index contributed by atoms with van der Waals surface area (Å²) in [5, 5.41) is 3.75. The second kappa shape index (κ2) is 5.63. The molecule has 0 unspecified atom stereocenters. The first-order chi connectivity index (χ1) is 7.85. The summed E-state index contributed by atoms with van der Waals surface area (Å²) in [6.07, 6.45) is 0.832. The van der Waals surface area contributed by atoms with Crippen LogP contribution in [-0.2, 0) is 0 Å². The fourth-order valence-corrected chi connectivity index (χ4v) is 2.46. The molecule has 0 saturated carbocycles. The third-order valence-corrected chi connectivity index (χ3v) is 2.99. The van der Waals surface area contributed by atoms with Crippen molar-refractivity contribution >= 4 is 21.8 Å². The Hall–Kier alpha value is -0.900. The number of hydrogen-bond donors (Lipinski definition) is 1. The van der Waals surface area contributed by atoms with Gasteiger partial charge in [0.2, 0.25) is 0 Å². The molecule has 94 valence electrons. The average Bonchev–Trinajstić information content (AvgIpc) is 2.21. The lowest BCUT2D eigenvalue weighted by Gasteiger charge is -2.25. The van der Waals surface area contributed by atoms with Crippen LogP contribution < -0.4 is 5.32 Å². The van der Waals surface area contributed by atoms with Crippen LogP contribution in [0.3, 0.4) is 0 Å². The van der Waals surface area contributed by atoms with E-state index in [1.165, 1.54) is 12.1 Å². The normalized spacial score (nSPS) is 11.4. The van der Waals surface area contributed by atoms with Gasteiger partial charge in [-0.25, -0.2) is 4.39 Å². The molecule has 1 rings (SSSR count). The molecule has 1 N–H and O–H groups in total. The maximum absolute atomic E-state index is 13.1. The lowest BCUT2D eigenvalue weighted by atomic mass is 10.0. The van der Waals surface area contributed by atoms with Crippen molar-refractivity contribution in [3.05, 3.63) is 35.1 Å². The first kappa shape index (κ1) is 14.2. The molecule has 1 aromatic carbocycles. The Balaban J connectivity index is 2.80. The van der Waals surface area contributed by atoms with Crippen molar-refractivity contribution in [1.29, 1.82) is 0 Å². The van der Waals surface area contributed by atoms with Gasteiger partial charge in [0.15, 0.2) is 0 Å². The molecule has 0 radical (unpaired) electrons. The molecule has 0 aliphatic carbocycles. The smallest absolute Gasteiger partial charge is 0.251 e. The molecule has 17 heavy (non-hydrogen) atoms. The van der Waals surface area contributed by atoms with E-state index in [0.717, 1.165) is 11.8 Å². The van der Waals surface area contributed by atoms with Crippen molar-refractivity contribution in [2.24, 2.45) is 0 Å². The van der Waals surface area contributed by atoms with Gasteiger partial charge in [-0.15, -0.1) is 0 Å². The van der Waals surface area contributed by atoms with Crippen LogP contribution in [0.25, 0.3) is 0 Å². The second-order valence-electron chi connectivity index (χ2n) is 4.74. The summed E-state index contributed by atoms with van der Waals surface area (Å²) in [7, 11) is 0. The average molecular weight is 302 g/mol. The third kappa shape index (κ3) is 4.11. The van der Waals surface area contributed by atoms with E-state index in [1.807, 2.05) is 13.8 Å². The van der Waals surface area contributed by atoms with Crippen LogP contribution in [0.1, 0.15) is 36.2 Å². The fraction of sp³-hybridized carbons (Fsp3) is 0.462. The highest BCUT2D eigenvalue weighted by Gasteiger charge is 2.20. The Kier molecular flexibility index (Phi) is 4.69. The molecule has 2 nitrogen and oxygen atoms in total. The number of carbonyl (C=O) groups is 1. The molecule has 4 heteroatoms. The predicted octanol–water partition coefficient (Wildman–Crippen LogP) is 3.43. The molecule has 1 amide bonds. The van der Waals surface area contributed by atoms with E-state index in [-0.39, 0.29) is 17.3 Å². The molecule has 0 aliphatic heterocycles. The van der Waals surface area contributed by atoms with Gasteiger partial charge >= 0.3 is 0 Å². The summed E-state index contributed by atoms with van der Waals surface area (Å²) in [5.74, 6) is -0.458. The minimum Gasteiger partial charge on any atom is -0.347 e. The zero-order valence-electron chi connectivity index (χ0n) is 10.3. The summed E-state index contributed by atoms with van der Waals surface area (Å²) < 4.78 is 13.1. The Labute approximate surface area is 110 Å². The Morgan fingerprint density at radius 2 is 2.12 bits per heavy atom. The third-order valence-electron chi connectivity index (χ3n) is 2.59. The van der Waals surface area contributed by atoms with E-state index in [0.29, 0.717) is 11.1 Å². The summed E-state index contributed by atoms with van der Waals surface area (Å²) in [6.45, 7) is 5.57. The van der Waals surface area contributed by atoms with Gasteiger partial charge in [0.1, 0.15) is 5.82 Å². The van der Waals surface area contributed by atoms with Gasteiger partial charge in [0.25, 0.3) is 5.91 Å². The largest absolute Gasteiger partial charge is 0.347 e. The number of carbonyl (C=O) groups excluding carboxylic acids is 1. The van der Waals surface area contributed by atoms with Crippen molar-refractivity contribution in [2.75, 3.05) is 5.33 Å². The maximum atomic E-state index is 13.1. The van der Waals surface area contributed by atoms with Crippen LogP contribution in [0.5, 0.6) is 0 Å². The van der Waals surface area contributed by atoms with Gasteiger partial charge in [-0.2, -0.15) is 0 Å². The zero-order valence-corrected chi connectivity index (χ0v) is 11.9. The van der Waals surface area contributed by atoms with E-state index in [1.54, 1.807) is 13.0 Å². The molecule has 0 bridgehead atoms. The molecule has 1 aromatic rings. The van der Waals surface area contributed by atoms with Gasteiger partial charge in [0.05, 0.1) is 0 Å². The first-order valence-electron chi connectivity index (χ1n) is 5.50. The van der Waals surface area contributed by atoms with Crippen molar-refractivity contribution in [1.82, 2.24) is 5.32 Å². The van der Waals surface area contributed by atoms with Crippen LogP contribution >= 0.6 is 15.9 Å². The van der Waals surface area contributed by atoms with E-state index >= 15 is 0 Å². The number of rotatable bonds is 4. The van der Waals surface area contributed by atoms with Crippen LogP contribution in [0.2, 0.25) is 0 Å². The van der Waals surface area contributed by atoms with E-state index < -0.39 is 0 Å². The molecule has 0 aromatic heterocycles. The lowest BCUT2D eigenvalue weighted by molar-refractivity contribution is 0.0911. The van der Waals surface area contributed by atoms with Crippen LogP contribution in [-0.4, -0.2) is 16.8 Å². The highest BCUT2D eigenvalue weighted by Crippen LogP contribution is 2.13. The minimum absolute atomic E-state index is 0.168. The minimum atomic E-state index is -0.290. The maximum Gasteiger partial charge on any atom is 0.251 e. The molecule has 0 fully saturated rings. The van der Waals surface area contributed by atoms with Crippen molar-refractivity contribution in [2.45, 2.75) is 32.7 Å². The number of hydrogen-bond acceptors (Lipinski definition) is 1. The van der Waals surface area contributed by atoms with Crippen LogP contribution in [0.15, 0.2) is 18.2 Å². The van der Waals surface area contributed by atoms with Crippen molar-refractivity contribution in [3.63, 3.8) is 0 Å². The Morgan fingerprint density at radius 1 is 1.47 bits per heavy atom. The number of alkyl halides is 1. The SMILES string of the molecule is Cc1cc(C(=O)NC(C)(C)CCBr)ccc1F. The van der Waals surface area contributed by atoms with Crippen LogP contribution in [0, 0.1) is 12.7 Å². The molecule has 0 saturated heterocycles. The Bertz CT molecular complexity index is 418. The standard InChI is InChI=1S/C13H17BrFNO/c1-9-8-10(4-5-11(9)15)12(17)16-13(2,3)6-7-14/h4-5,8H,6-7H2,1-3H3,(H,16,17). The lowest BCUT2D eigenvalue weighted by Crippen LogP contribution is -2.43. The number of amides is 1. The van der Waals surface area contributed by atoms with Crippen LogP contribution in [0.4, 0.5) is 4.39 Å². The fourth-order valence-electron chi connectivity index (χ4n) is 1.46. The van der Waals surface area contributed by atoms with Crippen molar-refractivity contribution in [3.8, 4) is 0 Å². The molecule has 0 heterocycles. The molecular weight excluding hydrogens is 285 g/mol. The molecule has 0 atom stereocenters. The summed E-state index contributed by atoms with van der Waals surface area (Å²) in [4.78, 5) is 11.9. The highest BCUT2D eigenvalue weighted by atomic mass is 79.9. The zero-order chi connectivity index (χ0) is 13.1.